The van der Waals surface area contributed by atoms with Crippen LogP contribution < -0.4 is 16.4 Å². The van der Waals surface area contributed by atoms with E-state index in [-0.39, 0.29) is 6.61 Å². The SMILES string of the molecule is NC1=C2NC(O)N(Cc3ccccc3)C2N=C(OCCCCO)N1. The molecule has 0 spiro atoms. The van der Waals surface area contributed by atoms with Gasteiger partial charge in [-0.1, -0.05) is 30.3 Å². The number of ether oxygens (including phenoxy) is 1. The monoisotopic (exact) mass is 333 g/mol. The van der Waals surface area contributed by atoms with Gasteiger partial charge in [0, 0.05) is 13.2 Å². The van der Waals surface area contributed by atoms with Crippen molar-refractivity contribution in [3.05, 3.63) is 47.4 Å². The van der Waals surface area contributed by atoms with Gasteiger partial charge in [0.05, 0.1) is 12.3 Å². The van der Waals surface area contributed by atoms with Gasteiger partial charge in [-0.25, -0.2) is 9.89 Å². The van der Waals surface area contributed by atoms with E-state index in [1.807, 2.05) is 30.3 Å². The minimum absolute atomic E-state index is 0.138. The maximum atomic E-state index is 10.3. The Morgan fingerprint density at radius 1 is 1.25 bits per heavy atom. The number of hydrogen-bond donors (Lipinski definition) is 5. The lowest BCUT2D eigenvalue weighted by atomic mass is 10.2. The fraction of sp³-hybridized carbons (Fsp3) is 0.438. The highest BCUT2D eigenvalue weighted by Gasteiger charge is 2.40. The molecular formula is C16H23N5O3. The van der Waals surface area contributed by atoms with Crippen LogP contribution in [0.15, 0.2) is 46.8 Å². The number of aliphatic imine (C=N–C) groups is 1. The Morgan fingerprint density at radius 3 is 2.79 bits per heavy atom. The molecule has 3 rings (SSSR count). The summed E-state index contributed by atoms with van der Waals surface area (Å²) >= 11 is 0. The zero-order valence-electron chi connectivity index (χ0n) is 13.4. The number of hydrogen-bond acceptors (Lipinski definition) is 8. The molecule has 8 nitrogen and oxygen atoms in total. The van der Waals surface area contributed by atoms with Gasteiger partial charge in [0.25, 0.3) is 6.02 Å². The van der Waals surface area contributed by atoms with Crippen LogP contribution >= 0.6 is 0 Å². The number of nitrogens with zero attached hydrogens (tertiary/aromatic N) is 2. The van der Waals surface area contributed by atoms with Crippen molar-refractivity contribution < 1.29 is 14.9 Å². The Labute approximate surface area is 140 Å². The van der Waals surface area contributed by atoms with Gasteiger partial charge in [-0.3, -0.25) is 5.32 Å². The maximum absolute atomic E-state index is 10.3. The Hall–Kier alpha value is -2.29. The van der Waals surface area contributed by atoms with Crippen LogP contribution in [0.3, 0.4) is 0 Å². The average molecular weight is 333 g/mol. The van der Waals surface area contributed by atoms with Crippen LogP contribution in [-0.2, 0) is 11.3 Å². The Kier molecular flexibility index (Phi) is 5.19. The van der Waals surface area contributed by atoms with Crippen molar-refractivity contribution in [2.24, 2.45) is 10.7 Å². The molecule has 0 saturated carbocycles. The van der Waals surface area contributed by atoms with Crippen LogP contribution in [0.2, 0.25) is 0 Å². The summed E-state index contributed by atoms with van der Waals surface area (Å²) in [7, 11) is 0. The van der Waals surface area contributed by atoms with Gasteiger partial charge in [0.2, 0.25) is 0 Å². The van der Waals surface area contributed by atoms with E-state index in [4.69, 9.17) is 15.6 Å². The molecule has 1 fully saturated rings. The topological polar surface area (TPSA) is 115 Å². The van der Waals surface area contributed by atoms with E-state index in [9.17, 15) is 5.11 Å². The predicted molar refractivity (Wildman–Crippen MR) is 89.0 cm³/mol. The molecule has 2 aliphatic heterocycles. The number of unbranched alkanes of at least 4 members (excludes halogenated alkanes) is 1. The molecule has 8 heteroatoms. The first kappa shape index (κ1) is 16.6. The standard InChI is InChI=1S/C16H23N5O3/c17-13-12-14(20-15(19-13)24-9-5-4-8-22)21(16(23)18-12)10-11-6-2-1-3-7-11/h1-3,6-7,14,16,18,22-23H,4-5,8-10,17H2,(H,19,20). The molecule has 130 valence electrons. The second-order valence-corrected chi connectivity index (χ2v) is 5.72. The van der Waals surface area contributed by atoms with E-state index in [1.165, 1.54) is 0 Å². The van der Waals surface area contributed by atoms with E-state index in [2.05, 4.69) is 15.6 Å². The summed E-state index contributed by atoms with van der Waals surface area (Å²) in [5, 5.41) is 24.9. The molecule has 0 bridgehead atoms. The van der Waals surface area contributed by atoms with Crippen LogP contribution in [0.5, 0.6) is 0 Å². The minimum atomic E-state index is -0.872. The van der Waals surface area contributed by atoms with Crippen LogP contribution in [0.1, 0.15) is 18.4 Å². The average Bonchev–Trinajstić information content (AvgIpc) is 2.90. The Morgan fingerprint density at radius 2 is 2.04 bits per heavy atom. The molecule has 0 amide bonds. The van der Waals surface area contributed by atoms with Gasteiger partial charge >= 0.3 is 0 Å². The fourth-order valence-corrected chi connectivity index (χ4v) is 2.70. The van der Waals surface area contributed by atoms with Gasteiger partial charge in [0.1, 0.15) is 5.82 Å². The molecule has 1 aromatic rings. The first-order valence-electron chi connectivity index (χ1n) is 8.01. The lowest BCUT2D eigenvalue weighted by molar-refractivity contribution is -0.000586. The molecule has 0 radical (unpaired) electrons. The quantitative estimate of drug-likeness (QED) is 0.449. The first-order valence-corrected chi connectivity index (χ1v) is 8.01. The smallest absolute Gasteiger partial charge is 0.292 e. The van der Waals surface area contributed by atoms with Crippen molar-refractivity contribution in [1.82, 2.24) is 15.5 Å². The maximum Gasteiger partial charge on any atom is 0.292 e. The van der Waals surface area contributed by atoms with Crippen LogP contribution in [0.4, 0.5) is 0 Å². The van der Waals surface area contributed by atoms with Crippen LogP contribution in [0.25, 0.3) is 0 Å². The zero-order chi connectivity index (χ0) is 16.9. The summed E-state index contributed by atoms with van der Waals surface area (Å²) in [5.41, 5.74) is 7.73. The molecule has 2 unspecified atom stereocenters. The molecule has 2 heterocycles. The molecular weight excluding hydrogens is 310 g/mol. The number of aliphatic hydroxyl groups is 2. The third-order valence-corrected chi connectivity index (χ3v) is 3.94. The van der Waals surface area contributed by atoms with Crippen molar-refractivity contribution in [1.29, 1.82) is 0 Å². The van der Waals surface area contributed by atoms with Gasteiger partial charge in [0.15, 0.2) is 12.5 Å². The fourth-order valence-electron chi connectivity index (χ4n) is 2.70. The highest BCUT2D eigenvalue weighted by molar-refractivity contribution is 5.77. The first-order chi connectivity index (χ1) is 11.7. The van der Waals surface area contributed by atoms with E-state index >= 15 is 0 Å². The van der Waals surface area contributed by atoms with E-state index < -0.39 is 12.5 Å². The van der Waals surface area contributed by atoms with Gasteiger partial charge in [-0.15, -0.1) is 0 Å². The lowest BCUT2D eigenvalue weighted by Crippen LogP contribution is -2.42. The van der Waals surface area contributed by atoms with Crippen molar-refractivity contribution in [3.63, 3.8) is 0 Å². The van der Waals surface area contributed by atoms with E-state index in [0.29, 0.717) is 37.1 Å². The summed E-state index contributed by atoms with van der Waals surface area (Å²) in [6.45, 7) is 1.10. The molecule has 0 aromatic heterocycles. The lowest BCUT2D eigenvalue weighted by Gasteiger charge is -2.26. The number of fused-ring (bicyclic) bond motifs is 1. The van der Waals surface area contributed by atoms with Crippen molar-refractivity contribution in [2.45, 2.75) is 31.9 Å². The molecule has 6 N–H and O–H groups in total. The Bertz CT molecular complexity index is 619. The summed E-state index contributed by atoms with van der Waals surface area (Å²) < 4.78 is 5.57. The van der Waals surface area contributed by atoms with Crippen LogP contribution in [0, 0.1) is 0 Å². The van der Waals surface area contributed by atoms with Gasteiger partial charge in [-0.2, -0.15) is 0 Å². The summed E-state index contributed by atoms with van der Waals surface area (Å²) in [6, 6.07) is 10.2. The number of aliphatic hydroxyl groups excluding tert-OH is 2. The van der Waals surface area contributed by atoms with Gasteiger partial charge < -0.3 is 26.0 Å². The number of rotatable bonds is 6. The van der Waals surface area contributed by atoms with Crippen molar-refractivity contribution >= 4 is 6.02 Å². The highest BCUT2D eigenvalue weighted by atomic mass is 16.5. The van der Waals surface area contributed by atoms with Gasteiger partial charge in [-0.05, 0) is 18.4 Å². The second kappa shape index (κ2) is 7.52. The van der Waals surface area contributed by atoms with Crippen molar-refractivity contribution in [3.8, 4) is 0 Å². The minimum Gasteiger partial charge on any atom is -0.465 e. The Balaban J connectivity index is 1.71. The second-order valence-electron chi connectivity index (χ2n) is 5.72. The molecule has 1 aromatic carbocycles. The van der Waals surface area contributed by atoms with E-state index in [1.54, 1.807) is 4.90 Å². The number of nitrogens with one attached hydrogen (secondary N) is 2. The summed E-state index contributed by atoms with van der Waals surface area (Å²) in [4.78, 5) is 6.31. The molecule has 2 atom stereocenters. The number of amidine groups is 1. The molecule has 24 heavy (non-hydrogen) atoms. The number of nitrogens with two attached hydrogens (primary N) is 1. The van der Waals surface area contributed by atoms with Crippen LogP contribution in [-0.4, -0.2) is 46.9 Å². The normalized spacial score (nSPS) is 23.3. The summed E-state index contributed by atoms with van der Waals surface area (Å²) in [5.74, 6) is 0.391. The summed E-state index contributed by atoms with van der Waals surface area (Å²) in [6.07, 6.45) is 0.109. The largest absolute Gasteiger partial charge is 0.465 e. The van der Waals surface area contributed by atoms with Crippen molar-refractivity contribution in [2.75, 3.05) is 13.2 Å². The predicted octanol–water partition coefficient (Wildman–Crippen LogP) is -0.430. The molecule has 1 saturated heterocycles. The van der Waals surface area contributed by atoms with E-state index in [0.717, 1.165) is 12.0 Å². The highest BCUT2D eigenvalue weighted by Crippen LogP contribution is 2.25. The molecule has 2 aliphatic rings. The third kappa shape index (κ3) is 3.61. The third-order valence-electron chi connectivity index (χ3n) is 3.94. The number of benzene rings is 1. The zero-order valence-corrected chi connectivity index (χ0v) is 13.4. The molecule has 0 aliphatic carbocycles.